The van der Waals surface area contributed by atoms with E-state index < -0.39 is 0 Å². The highest BCUT2D eigenvalue weighted by atomic mass is 79.9. The fourth-order valence-electron chi connectivity index (χ4n) is 1.42. The molecule has 5 heteroatoms. The average Bonchev–Trinajstić information content (AvgIpc) is 2.82. The van der Waals surface area contributed by atoms with Crippen molar-refractivity contribution in [2.75, 3.05) is 6.54 Å². The molecule has 0 atom stereocenters. The van der Waals surface area contributed by atoms with Gasteiger partial charge in [-0.05, 0) is 40.2 Å². The van der Waals surface area contributed by atoms with Crippen molar-refractivity contribution < 1.29 is 0 Å². The largest absolute Gasteiger partial charge is 0.339 e. The molecule has 0 radical (unpaired) electrons. The molecule has 90 valence electrons. The second-order valence-electron chi connectivity index (χ2n) is 3.54. The van der Waals surface area contributed by atoms with Crippen molar-refractivity contribution in [2.24, 2.45) is 0 Å². The van der Waals surface area contributed by atoms with E-state index in [2.05, 4.69) is 56.3 Å². The van der Waals surface area contributed by atoms with Crippen LogP contribution in [-0.4, -0.2) is 16.5 Å². The van der Waals surface area contributed by atoms with Gasteiger partial charge in [0.15, 0.2) is 5.16 Å². The highest BCUT2D eigenvalue weighted by Crippen LogP contribution is 2.32. The molecule has 1 aromatic heterocycles. The Kier molecular flexibility index (Phi) is 4.65. The van der Waals surface area contributed by atoms with Gasteiger partial charge < -0.3 is 10.3 Å². The molecule has 0 bridgehead atoms. The van der Waals surface area contributed by atoms with Crippen molar-refractivity contribution in [1.82, 2.24) is 15.3 Å². The van der Waals surface area contributed by atoms with Crippen LogP contribution in [-0.2, 0) is 6.54 Å². The highest BCUT2D eigenvalue weighted by Gasteiger charge is 2.05. The summed E-state index contributed by atoms with van der Waals surface area (Å²) >= 11 is 5.21. The van der Waals surface area contributed by atoms with Gasteiger partial charge in [0.05, 0.1) is 0 Å². The molecule has 0 fully saturated rings. The molecule has 0 aliphatic carbocycles. The third-order valence-corrected chi connectivity index (χ3v) is 4.17. The smallest absolute Gasteiger partial charge is 0.170 e. The molecule has 17 heavy (non-hydrogen) atoms. The maximum Gasteiger partial charge on any atom is 0.170 e. The van der Waals surface area contributed by atoms with Gasteiger partial charge in [0.1, 0.15) is 0 Å². The lowest BCUT2D eigenvalue weighted by atomic mass is 10.2. The predicted molar refractivity (Wildman–Crippen MR) is 74.2 cm³/mol. The van der Waals surface area contributed by atoms with E-state index in [1.807, 2.05) is 6.20 Å². The molecule has 1 heterocycles. The molecule has 2 N–H and O–H groups in total. The fourth-order valence-corrected chi connectivity index (χ4v) is 2.83. The zero-order valence-corrected chi connectivity index (χ0v) is 11.9. The topological polar surface area (TPSA) is 40.7 Å². The molecule has 0 aliphatic rings. The van der Waals surface area contributed by atoms with Gasteiger partial charge in [0.25, 0.3) is 0 Å². The standard InChI is InChI=1S/C12H14BrN3S/c1-2-14-8-9-3-4-11(10(13)7-9)17-12-15-5-6-16-12/h3-7,14H,2,8H2,1H3,(H,15,16). The molecular weight excluding hydrogens is 298 g/mol. The Morgan fingerprint density at radius 1 is 1.47 bits per heavy atom. The maximum absolute atomic E-state index is 4.20. The van der Waals surface area contributed by atoms with Crippen molar-refractivity contribution in [3.63, 3.8) is 0 Å². The maximum atomic E-state index is 4.20. The average molecular weight is 312 g/mol. The number of nitrogens with zero attached hydrogens (tertiary/aromatic N) is 1. The Labute approximate surface area is 114 Å². The number of nitrogens with one attached hydrogen (secondary N) is 2. The number of halogens is 1. The zero-order chi connectivity index (χ0) is 12.1. The van der Waals surface area contributed by atoms with Gasteiger partial charge in [-0.2, -0.15) is 0 Å². The Bertz CT molecular complexity index is 471. The van der Waals surface area contributed by atoms with Crippen LogP contribution in [0.25, 0.3) is 0 Å². The minimum atomic E-state index is 0.904. The third kappa shape index (κ3) is 3.59. The minimum absolute atomic E-state index is 0.904. The first-order valence-corrected chi connectivity index (χ1v) is 7.07. The Morgan fingerprint density at radius 3 is 3.00 bits per heavy atom. The van der Waals surface area contributed by atoms with E-state index in [1.165, 1.54) is 10.5 Å². The van der Waals surface area contributed by atoms with Crippen LogP contribution in [0.5, 0.6) is 0 Å². The monoisotopic (exact) mass is 311 g/mol. The predicted octanol–water partition coefficient (Wildman–Crippen LogP) is 3.43. The number of hydrogen-bond acceptors (Lipinski definition) is 3. The Hall–Kier alpha value is -0.780. The van der Waals surface area contributed by atoms with Crippen LogP contribution in [0, 0.1) is 0 Å². The molecule has 0 unspecified atom stereocenters. The van der Waals surface area contributed by atoms with Gasteiger partial charge in [-0.1, -0.05) is 24.8 Å². The van der Waals surface area contributed by atoms with Crippen molar-refractivity contribution in [3.05, 3.63) is 40.6 Å². The van der Waals surface area contributed by atoms with E-state index in [0.29, 0.717) is 0 Å². The van der Waals surface area contributed by atoms with E-state index in [-0.39, 0.29) is 0 Å². The number of rotatable bonds is 5. The number of aromatic amines is 1. The summed E-state index contributed by atoms with van der Waals surface area (Å²) in [4.78, 5) is 8.45. The van der Waals surface area contributed by atoms with E-state index >= 15 is 0 Å². The quantitative estimate of drug-likeness (QED) is 0.888. The molecule has 0 saturated carbocycles. The van der Waals surface area contributed by atoms with Crippen molar-refractivity contribution in [3.8, 4) is 0 Å². The van der Waals surface area contributed by atoms with Gasteiger partial charge in [0, 0.05) is 28.3 Å². The van der Waals surface area contributed by atoms with Gasteiger partial charge in [-0.15, -0.1) is 0 Å². The van der Waals surface area contributed by atoms with Crippen LogP contribution < -0.4 is 5.32 Å². The van der Waals surface area contributed by atoms with Gasteiger partial charge in [0.2, 0.25) is 0 Å². The van der Waals surface area contributed by atoms with Crippen molar-refractivity contribution in [2.45, 2.75) is 23.5 Å². The minimum Gasteiger partial charge on any atom is -0.339 e. The lowest BCUT2D eigenvalue weighted by molar-refractivity contribution is 0.726. The van der Waals surface area contributed by atoms with E-state index in [9.17, 15) is 0 Å². The summed E-state index contributed by atoms with van der Waals surface area (Å²) in [5, 5.41) is 4.22. The van der Waals surface area contributed by atoms with Crippen molar-refractivity contribution in [1.29, 1.82) is 0 Å². The van der Waals surface area contributed by atoms with Crippen molar-refractivity contribution >= 4 is 27.7 Å². The highest BCUT2D eigenvalue weighted by molar-refractivity contribution is 9.10. The fraction of sp³-hybridized carbons (Fsp3) is 0.250. The Morgan fingerprint density at radius 2 is 2.35 bits per heavy atom. The summed E-state index contributed by atoms with van der Waals surface area (Å²) in [6.07, 6.45) is 3.59. The van der Waals surface area contributed by atoms with Crippen LogP contribution >= 0.6 is 27.7 Å². The number of benzene rings is 1. The number of aromatic nitrogens is 2. The molecular formula is C12H14BrN3S. The number of imidazole rings is 1. The summed E-state index contributed by atoms with van der Waals surface area (Å²) in [6.45, 7) is 4.00. The van der Waals surface area contributed by atoms with Crippen LogP contribution in [0.2, 0.25) is 0 Å². The number of H-pyrrole nitrogens is 1. The lowest BCUT2D eigenvalue weighted by Gasteiger charge is -2.06. The molecule has 0 aliphatic heterocycles. The summed E-state index contributed by atoms with van der Waals surface area (Å²) in [6, 6.07) is 6.40. The molecule has 1 aromatic carbocycles. The first-order valence-electron chi connectivity index (χ1n) is 5.46. The molecule has 2 rings (SSSR count). The first kappa shape index (κ1) is 12.7. The van der Waals surface area contributed by atoms with E-state index in [4.69, 9.17) is 0 Å². The molecule has 2 aromatic rings. The van der Waals surface area contributed by atoms with Crippen LogP contribution in [0.4, 0.5) is 0 Å². The van der Waals surface area contributed by atoms with Gasteiger partial charge in [-0.3, -0.25) is 0 Å². The van der Waals surface area contributed by atoms with Gasteiger partial charge >= 0.3 is 0 Å². The van der Waals surface area contributed by atoms with Crippen LogP contribution in [0.3, 0.4) is 0 Å². The molecule has 0 spiro atoms. The van der Waals surface area contributed by atoms with E-state index in [0.717, 1.165) is 22.7 Å². The summed E-state index contributed by atoms with van der Waals surface area (Å²) in [5.74, 6) is 0. The third-order valence-electron chi connectivity index (χ3n) is 2.26. The summed E-state index contributed by atoms with van der Waals surface area (Å²) in [7, 11) is 0. The van der Waals surface area contributed by atoms with E-state index in [1.54, 1.807) is 18.0 Å². The second kappa shape index (κ2) is 6.23. The van der Waals surface area contributed by atoms with Crippen LogP contribution in [0.15, 0.2) is 45.1 Å². The Balaban J connectivity index is 2.09. The molecule has 0 saturated heterocycles. The van der Waals surface area contributed by atoms with Gasteiger partial charge in [-0.25, -0.2) is 4.98 Å². The summed E-state index contributed by atoms with van der Waals surface area (Å²) in [5.41, 5.74) is 1.28. The first-order chi connectivity index (χ1) is 8.29. The molecule has 3 nitrogen and oxygen atoms in total. The number of hydrogen-bond donors (Lipinski definition) is 2. The molecule has 0 amide bonds. The normalized spacial score (nSPS) is 10.7. The lowest BCUT2D eigenvalue weighted by Crippen LogP contribution is -2.11. The second-order valence-corrected chi connectivity index (χ2v) is 5.43. The SMILES string of the molecule is CCNCc1ccc(Sc2ncc[nH]2)c(Br)c1. The summed E-state index contributed by atoms with van der Waals surface area (Å²) < 4.78 is 1.11. The van der Waals surface area contributed by atoms with Crippen LogP contribution in [0.1, 0.15) is 12.5 Å². The zero-order valence-electron chi connectivity index (χ0n) is 9.53.